The number of alkyl halides is 1. The van der Waals surface area contributed by atoms with Crippen LogP contribution in [-0.2, 0) is 4.74 Å². The summed E-state index contributed by atoms with van der Waals surface area (Å²) in [4.78, 5) is 13.8. The molecule has 0 radical (unpaired) electrons. The zero-order chi connectivity index (χ0) is 13.0. The van der Waals surface area contributed by atoms with Crippen LogP contribution in [-0.4, -0.2) is 41.9 Å². The molecule has 0 atom stereocenters. The van der Waals surface area contributed by atoms with Gasteiger partial charge in [-0.25, -0.2) is 0 Å². The van der Waals surface area contributed by atoms with Crippen molar-refractivity contribution in [2.24, 2.45) is 0 Å². The van der Waals surface area contributed by atoms with E-state index in [1.54, 1.807) is 17.0 Å². The molecule has 0 spiro atoms. The number of carbonyl (C=O) groups excluding carboxylic acids is 1. The largest absolute Gasteiger partial charge is 0.440 e. The number of amides is 1. The maximum absolute atomic E-state index is 12.1. The molecule has 4 nitrogen and oxygen atoms in total. The van der Waals surface area contributed by atoms with Crippen LogP contribution in [0.2, 0.25) is 5.22 Å². The summed E-state index contributed by atoms with van der Waals surface area (Å²) in [6.07, 6.45) is 1.99. The predicted molar refractivity (Wildman–Crippen MR) is 72.4 cm³/mol. The minimum atomic E-state index is -0.0964. The highest BCUT2D eigenvalue weighted by atomic mass is 79.9. The summed E-state index contributed by atoms with van der Waals surface area (Å²) in [5.74, 6) is 0.209. The van der Waals surface area contributed by atoms with Gasteiger partial charge < -0.3 is 14.1 Å². The van der Waals surface area contributed by atoms with E-state index in [2.05, 4.69) is 15.9 Å². The molecule has 1 aromatic heterocycles. The van der Waals surface area contributed by atoms with E-state index in [0.29, 0.717) is 25.5 Å². The summed E-state index contributed by atoms with van der Waals surface area (Å²) in [6.45, 7) is 2.11. The molecule has 1 aromatic rings. The fourth-order valence-corrected chi connectivity index (χ4v) is 2.35. The Morgan fingerprint density at radius 3 is 2.78 bits per heavy atom. The first-order valence-electron chi connectivity index (χ1n) is 5.93. The normalized spacial score (nSPS) is 17.1. The van der Waals surface area contributed by atoms with Crippen LogP contribution in [0, 0.1) is 0 Å². The van der Waals surface area contributed by atoms with E-state index in [0.717, 1.165) is 18.2 Å². The second-order valence-electron chi connectivity index (χ2n) is 4.16. The van der Waals surface area contributed by atoms with Crippen molar-refractivity contribution in [2.45, 2.75) is 18.9 Å². The van der Waals surface area contributed by atoms with E-state index in [9.17, 15) is 4.79 Å². The number of ether oxygens (including phenoxy) is 1. The summed E-state index contributed by atoms with van der Waals surface area (Å²) < 4.78 is 10.8. The van der Waals surface area contributed by atoms with Gasteiger partial charge in [-0.05, 0) is 36.6 Å². The van der Waals surface area contributed by atoms with Gasteiger partial charge in [0.15, 0.2) is 11.0 Å². The number of hydrogen-bond donors (Lipinski definition) is 0. The lowest BCUT2D eigenvalue weighted by Gasteiger charge is -2.31. The molecule has 0 aliphatic carbocycles. The van der Waals surface area contributed by atoms with Crippen LogP contribution in [0.25, 0.3) is 0 Å². The first-order valence-corrected chi connectivity index (χ1v) is 7.43. The number of hydrogen-bond acceptors (Lipinski definition) is 3. The highest BCUT2D eigenvalue weighted by Crippen LogP contribution is 2.19. The van der Waals surface area contributed by atoms with Gasteiger partial charge in [0.25, 0.3) is 5.91 Å². The topological polar surface area (TPSA) is 42.7 Å². The third-order valence-corrected chi connectivity index (χ3v) is 3.47. The third-order valence-electron chi connectivity index (χ3n) is 2.94. The van der Waals surface area contributed by atoms with Gasteiger partial charge in [-0.15, -0.1) is 0 Å². The number of piperidine rings is 1. The molecule has 2 heterocycles. The smallest absolute Gasteiger partial charge is 0.289 e. The number of nitrogens with zero attached hydrogens (tertiary/aromatic N) is 1. The lowest BCUT2D eigenvalue weighted by atomic mass is 10.1. The van der Waals surface area contributed by atoms with Crippen LogP contribution in [0.15, 0.2) is 16.5 Å². The van der Waals surface area contributed by atoms with Crippen molar-refractivity contribution in [3.05, 3.63) is 23.1 Å². The van der Waals surface area contributed by atoms with Crippen molar-refractivity contribution < 1.29 is 13.9 Å². The van der Waals surface area contributed by atoms with Gasteiger partial charge in [-0.3, -0.25) is 4.79 Å². The van der Waals surface area contributed by atoms with E-state index < -0.39 is 0 Å². The standard InChI is InChI=1S/C12H15BrClNO3/c13-5-8-17-9-3-6-15(7-4-9)12(16)10-1-2-11(14)18-10/h1-2,9H,3-8H2. The molecule has 100 valence electrons. The van der Waals surface area contributed by atoms with Crippen molar-refractivity contribution in [3.8, 4) is 0 Å². The quantitative estimate of drug-likeness (QED) is 0.794. The molecule has 1 saturated heterocycles. The van der Waals surface area contributed by atoms with E-state index in [4.69, 9.17) is 20.8 Å². The predicted octanol–water partition coefficient (Wildman–Crippen LogP) is 2.95. The molecule has 1 aliphatic rings. The molecule has 2 rings (SSSR count). The lowest BCUT2D eigenvalue weighted by Crippen LogP contribution is -2.40. The highest BCUT2D eigenvalue weighted by Gasteiger charge is 2.25. The molecule has 1 amide bonds. The van der Waals surface area contributed by atoms with Gasteiger partial charge in [0, 0.05) is 18.4 Å². The summed E-state index contributed by atoms with van der Waals surface area (Å²) in [7, 11) is 0. The van der Waals surface area contributed by atoms with Crippen molar-refractivity contribution in [2.75, 3.05) is 25.0 Å². The number of rotatable bonds is 4. The molecule has 18 heavy (non-hydrogen) atoms. The summed E-state index contributed by atoms with van der Waals surface area (Å²) in [5, 5.41) is 1.09. The first kappa shape index (κ1) is 13.9. The fourth-order valence-electron chi connectivity index (χ4n) is 2.02. The summed E-state index contributed by atoms with van der Waals surface area (Å²) in [5.41, 5.74) is 0. The third kappa shape index (κ3) is 3.49. The molecule has 0 bridgehead atoms. The van der Waals surface area contributed by atoms with Crippen molar-refractivity contribution in [1.82, 2.24) is 4.90 Å². The maximum atomic E-state index is 12.1. The Kier molecular flexibility index (Phi) is 5.09. The minimum absolute atomic E-state index is 0.0964. The van der Waals surface area contributed by atoms with Crippen LogP contribution in [0.5, 0.6) is 0 Å². The molecule has 1 fully saturated rings. The van der Waals surface area contributed by atoms with Crippen molar-refractivity contribution in [3.63, 3.8) is 0 Å². The highest BCUT2D eigenvalue weighted by molar-refractivity contribution is 9.09. The molecule has 0 saturated carbocycles. The van der Waals surface area contributed by atoms with Gasteiger partial charge in [0.1, 0.15) is 0 Å². The zero-order valence-electron chi connectivity index (χ0n) is 9.90. The Labute approximate surface area is 119 Å². The van der Waals surface area contributed by atoms with E-state index in [1.807, 2.05) is 0 Å². The fraction of sp³-hybridized carbons (Fsp3) is 0.583. The van der Waals surface area contributed by atoms with Crippen molar-refractivity contribution in [1.29, 1.82) is 0 Å². The van der Waals surface area contributed by atoms with Gasteiger partial charge in [0.2, 0.25) is 0 Å². The Balaban J connectivity index is 1.84. The van der Waals surface area contributed by atoms with E-state index >= 15 is 0 Å². The molecular formula is C12H15BrClNO3. The monoisotopic (exact) mass is 335 g/mol. The molecule has 0 aromatic carbocycles. The van der Waals surface area contributed by atoms with Crippen LogP contribution < -0.4 is 0 Å². The molecule has 0 unspecified atom stereocenters. The average Bonchev–Trinajstić information content (AvgIpc) is 2.83. The Hall–Kier alpha value is -0.520. The van der Waals surface area contributed by atoms with E-state index in [1.165, 1.54) is 0 Å². The lowest BCUT2D eigenvalue weighted by molar-refractivity contribution is 0.0150. The van der Waals surface area contributed by atoms with Gasteiger partial charge in [-0.1, -0.05) is 15.9 Å². The second kappa shape index (κ2) is 6.59. The maximum Gasteiger partial charge on any atom is 0.289 e. The number of likely N-dealkylation sites (tertiary alicyclic amines) is 1. The Bertz CT molecular complexity index is 402. The Morgan fingerprint density at radius 1 is 1.50 bits per heavy atom. The van der Waals surface area contributed by atoms with Gasteiger partial charge >= 0.3 is 0 Å². The summed E-state index contributed by atoms with van der Waals surface area (Å²) >= 11 is 8.99. The van der Waals surface area contributed by atoms with Crippen LogP contribution in [0.1, 0.15) is 23.4 Å². The molecular weight excluding hydrogens is 321 g/mol. The number of carbonyl (C=O) groups is 1. The van der Waals surface area contributed by atoms with Crippen molar-refractivity contribution >= 4 is 33.4 Å². The average molecular weight is 337 g/mol. The van der Waals surface area contributed by atoms with Gasteiger partial charge in [0.05, 0.1) is 12.7 Å². The zero-order valence-corrected chi connectivity index (χ0v) is 12.2. The van der Waals surface area contributed by atoms with Gasteiger partial charge in [-0.2, -0.15) is 0 Å². The van der Waals surface area contributed by atoms with Crippen LogP contribution >= 0.6 is 27.5 Å². The molecule has 1 aliphatic heterocycles. The second-order valence-corrected chi connectivity index (χ2v) is 5.32. The minimum Gasteiger partial charge on any atom is -0.440 e. The SMILES string of the molecule is O=C(c1ccc(Cl)o1)N1CCC(OCCBr)CC1. The number of furan rings is 1. The number of halogens is 2. The first-order chi connectivity index (χ1) is 8.70. The molecule has 0 N–H and O–H groups in total. The van der Waals surface area contributed by atoms with Crippen LogP contribution in [0.4, 0.5) is 0 Å². The van der Waals surface area contributed by atoms with E-state index in [-0.39, 0.29) is 17.2 Å². The summed E-state index contributed by atoms with van der Waals surface area (Å²) in [6, 6.07) is 3.19. The molecule has 6 heteroatoms. The van der Waals surface area contributed by atoms with Crippen LogP contribution in [0.3, 0.4) is 0 Å². The Morgan fingerprint density at radius 2 is 2.22 bits per heavy atom.